The van der Waals surface area contributed by atoms with Gasteiger partial charge in [-0.05, 0) is 24.1 Å². The number of methoxy groups -OCH3 is 1. The summed E-state index contributed by atoms with van der Waals surface area (Å²) in [6.07, 6.45) is 0.799. The van der Waals surface area contributed by atoms with Crippen LogP contribution < -0.4 is 15.4 Å². The lowest BCUT2D eigenvalue weighted by molar-refractivity contribution is -0.136. The van der Waals surface area contributed by atoms with Crippen molar-refractivity contribution in [1.29, 1.82) is 0 Å². The Hall–Kier alpha value is -3.03. The van der Waals surface area contributed by atoms with Crippen LogP contribution in [0, 0.1) is 0 Å². The van der Waals surface area contributed by atoms with Crippen molar-refractivity contribution in [2.45, 2.75) is 19.4 Å². The van der Waals surface area contributed by atoms with Gasteiger partial charge in [0.25, 0.3) is 0 Å². The topological polar surface area (TPSA) is 97.0 Å². The number of nitrogens with zero attached hydrogens (tertiary/aromatic N) is 1. The molecule has 2 heterocycles. The van der Waals surface area contributed by atoms with Crippen LogP contribution in [0.4, 0.5) is 4.79 Å². The first-order valence-electron chi connectivity index (χ1n) is 8.44. The Morgan fingerprint density at radius 1 is 1.35 bits per heavy atom. The molecule has 1 aromatic carbocycles. The third-order valence-corrected chi connectivity index (χ3v) is 4.32. The number of hydrogen-bond acceptors (Lipinski definition) is 5. The molecule has 0 spiro atoms. The third-order valence-electron chi connectivity index (χ3n) is 4.32. The molecule has 0 unspecified atom stereocenters. The van der Waals surface area contributed by atoms with Crippen molar-refractivity contribution in [2.75, 3.05) is 26.8 Å². The first-order chi connectivity index (χ1) is 12.5. The molecule has 3 rings (SSSR count). The molecule has 0 radical (unpaired) electrons. The summed E-state index contributed by atoms with van der Waals surface area (Å²) in [7, 11) is 1.56. The molecule has 1 aromatic rings. The highest BCUT2D eigenvalue weighted by atomic mass is 16.5. The van der Waals surface area contributed by atoms with Crippen LogP contribution in [0.2, 0.25) is 0 Å². The van der Waals surface area contributed by atoms with Crippen LogP contribution in [-0.2, 0) is 14.3 Å². The Bertz CT molecular complexity index is 757. The fraction of sp³-hybridized carbons (Fsp3) is 0.389. The molecule has 0 fully saturated rings. The molecule has 0 aromatic heterocycles. The molecule has 2 aliphatic rings. The Kier molecular flexibility index (Phi) is 5.11. The summed E-state index contributed by atoms with van der Waals surface area (Å²) in [4.78, 5) is 38.1. The number of ether oxygens (including phenoxy) is 2. The first-order valence-corrected chi connectivity index (χ1v) is 8.44. The van der Waals surface area contributed by atoms with Gasteiger partial charge in [-0.15, -0.1) is 0 Å². The highest BCUT2D eigenvalue weighted by Gasteiger charge is 2.42. The van der Waals surface area contributed by atoms with Gasteiger partial charge in [0.15, 0.2) is 0 Å². The van der Waals surface area contributed by atoms with Crippen LogP contribution in [0.15, 0.2) is 35.5 Å². The largest absolute Gasteiger partial charge is 0.497 e. The van der Waals surface area contributed by atoms with Crippen molar-refractivity contribution in [3.8, 4) is 5.75 Å². The van der Waals surface area contributed by atoms with E-state index in [4.69, 9.17) is 9.47 Å². The molecular formula is C18H21N3O5. The molecule has 2 aliphatic heterocycles. The molecule has 138 valence electrons. The molecule has 0 aliphatic carbocycles. The van der Waals surface area contributed by atoms with Crippen molar-refractivity contribution in [2.24, 2.45) is 0 Å². The van der Waals surface area contributed by atoms with Gasteiger partial charge in [0.2, 0.25) is 5.91 Å². The Morgan fingerprint density at radius 3 is 2.73 bits per heavy atom. The van der Waals surface area contributed by atoms with Crippen LogP contribution in [0.5, 0.6) is 5.75 Å². The zero-order valence-electron chi connectivity index (χ0n) is 14.7. The highest BCUT2D eigenvalue weighted by molar-refractivity contribution is 5.98. The fourth-order valence-electron chi connectivity index (χ4n) is 2.99. The van der Waals surface area contributed by atoms with Crippen molar-refractivity contribution in [3.05, 3.63) is 41.1 Å². The normalized spacial score (nSPS) is 19.0. The quantitative estimate of drug-likeness (QED) is 0.742. The van der Waals surface area contributed by atoms with Crippen molar-refractivity contribution >= 4 is 17.9 Å². The number of amides is 3. The van der Waals surface area contributed by atoms with Crippen molar-refractivity contribution in [1.82, 2.24) is 15.5 Å². The summed E-state index contributed by atoms with van der Waals surface area (Å²) in [6.45, 7) is 2.30. The van der Waals surface area contributed by atoms with E-state index in [1.54, 1.807) is 31.4 Å². The molecule has 3 amide bonds. The Labute approximate surface area is 151 Å². The molecule has 0 bridgehead atoms. The van der Waals surface area contributed by atoms with E-state index >= 15 is 0 Å². The zero-order valence-corrected chi connectivity index (χ0v) is 14.7. The number of esters is 1. The van der Waals surface area contributed by atoms with Gasteiger partial charge >= 0.3 is 12.0 Å². The lowest BCUT2D eigenvalue weighted by atomic mass is 9.95. The van der Waals surface area contributed by atoms with E-state index in [9.17, 15) is 14.4 Å². The number of carbonyl (C=O) groups excluding carboxylic acids is 3. The van der Waals surface area contributed by atoms with E-state index in [1.807, 2.05) is 6.92 Å². The number of urea groups is 1. The molecular weight excluding hydrogens is 338 g/mol. The predicted molar refractivity (Wildman–Crippen MR) is 92.3 cm³/mol. The smallest absolute Gasteiger partial charge is 0.338 e. The van der Waals surface area contributed by atoms with Crippen LogP contribution in [0.1, 0.15) is 24.9 Å². The number of nitrogens with one attached hydrogen (secondary N) is 2. The summed E-state index contributed by atoms with van der Waals surface area (Å²) < 4.78 is 10.3. The van der Waals surface area contributed by atoms with Gasteiger partial charge in [-0.2, -0.15) is 0 Å². The first kappa shape index (κ1) is 17.8. The van der Waals surface area contributed by atoms with E-state index in [-0.39, 0.29) is 19.1 Å². The molecule has 0 saturated carbocycles. The minimum absolute atomic E-state index is 0.0186. The molecule has 0 saturated heterocycles. The summed E-state index contributed by atoms with van der Waals surface area (Å²) in [5.74, 6) is -0.0933. The van der Waals surface area contributed by atoms with Gasteiger partial charge in [-0.3, -0.25) is 9.69 Å². The van der Waals surface area contributed by atoms with Gasteiger partial charge in [0.05, 0.1) is 24.4 Å². The van der Waals surface area contributed by atoms with Crippen LogP contribution in [0.3, 0.4) is 0 Å². The van der Waals surface area contributed by atoms with Gasteiger partial charge in [0.1, 0.15) is 18.9 Å². The number of cyclic esters (lactones) is 1. The third kappa shape index (κ3) is 3.35. The predicted octanol–water partition coefficient (Wildman–Crippen LogP) is 1.10. The lowest BCUT2D eigenvalue weighted by Gasteiger charge is -2.32. The second-order valence-corrected chi connectivity index (χ2v) is 6.03. The maximum Gasteiger partial charge on any atom is 0.338 e. The van der Waals surface area contributed by atoms with Gasteiger partial charge < -0.3 is 20.1 Å². The SMILES string of the molecule is CCCNC(=O)CN1C(=O)N[C@@H](c2ccc(OC)cc2)C2=C1COC2=O. The standard InChI is InChI=1S/C18H21N3O5/c1-3-8-19-14(22)9-21-13-10-26-17(23)15(13)16(20-18(21)24)11-4-6-12(25-2)7-5-11/h4-7,16H,3,8-10H2,1-2H3,(H,19,22)(H,20,24)/t16-/m0/s1. The average molecular weight is 359 g/mol. The maximum absolute atomic E-state index is 12.6. The molecule has 1 atom stereocenters. The lowest BCUT2D eigenvalue weighted by Crippen LogP contribution is -2.50. The minimum Gasteiger partial charge on any atom is -0.497 e. The van der Waals surface area contributed by atoms with Crippen LogP contribution in [0.25, 0.3) is 0 Å². The molecule has 8 heteroatoms. The van der Waals surface area contributed by atoms with Gasteiger partial charge in [-0.25, -0.2) is 9.59 Å². The van der Waals surface area contributed by atoms with Crippen LogP contribution in [-0.4, -0.2) is 49.6 Å². The van der Waals surface area contributed by atoms with Gasteiger partial charge in [-0.1, -0.05) is 19.1 Å². The Morgan fingerprint density at radius 2 is 2.08 bits per heavy atom. The highest BCUT2D eigenvalue weighted by Crippen LogP contribution is 2.35. The van der Waals surface area contributed by atoms with Crippen molar-refractivity contribution in [3.63, 3.8) is 0 Å². The van der Waals surface area contributed by atoms with E-state index in [0.29, 0.717) is 23.6 Å². The molecule has 8 nitrogen and oxygen atoms in total. The monoisotopic (exact) mass is 359 g/mol. The zero-order chi connectivity index (χ0) is 18.7. The number of benzene rings is 1. The Balaban J connectivity index is 1.89. The summed E-state index contributed by atoms with van der Waals surface area (Å²) >= 11 is 0. The summed E-state index contributed by atoms with van der Waals surface area (Å²) in [5.41, 5.74) is 1.53. The fourth-order valence-corrected chi connectivity index (χ4v) is 2.99. The maximum atomic E-state index is 12.6. The number of rotatable bonds is 6. The second kappa shape index (κ2) is 7.47. The van der Waals surface area contributed by atoms with Crippen LogP contribution >= 0.6 is 0 Å². The number of carbonyl (C=O) groups is 3. The minimum atomic E-state index is -0.617. The van der Waals surface area contributed by atoms with E-state index < -0.39 is 18.0 Å². The van der Waals surface area contributed by atoms with E-state index in [0.717, 1.165) is 12.0 Å². The van der Waals surface area contributed by atoms with Crippen molar-refractivity contribution < 1.29 is 23.9 Å². The number of hydrogen-bond donors (Lipinski definition) is 2. The summed E-state index contributed by atoms with van der Waals surface area (Å²) in [5, 5.41) is 5.52. The molecule has 2 N–H and O–H groups in total. The second-order valence-electron chi connectivity index (χ2n) is 6.03. The molecule has 26 heavy (non-hydrogen) atoms. The average Bonchev–Trinajstić information content (AvgIpc) is 3.04. The van der Waals surface area contributed by atoms with Gasteiger partial charge in [0, 0.05) is 6.54 Å². The summed E-state index contributed by atoms with van der Waals surface area (Å²) in [6, 6.07) is 6.02. The van der Waals surface area contributed by atoms with E-state index in [2.05, 4.69) is 10.6 Å². The van der Waals surface area contributed by atoms with E-state index in [1.165, 1.54) is 4.90 Å².